The van der Waals surface area contributed by atoms with Gasteiger partial charge in [-0.15, -0.1) is 11.3 Å². The van der Waals surface area contributed by atoms with Gasteiger partial charge in [0, 0.05) is 10.0 Å². The zero-order valence-electron chi connectivity index (χ0n) is 16.0. The number of benzene rings is 3. The second-order valence-electron chi connectivity index (χ2n) is 6.60. The van der Waals surface area contributed by atoms with E-state index in [-0.39, 0.29) is 17.3 Å². The molecule has 0 unspecified atom stereocenters. The van der Waals surface area contributed by atoms with Gasteiger partial charge in [-0.25, -0.2) is 22.9 Å². The first-order valence-electron chi connectivity index (χ1n) is 9.07. The first-order valence-corrected chi connectivity index (χ1v) is 12.2. The van der Waals surface area contributed by atoms with E-state index < -0.39 is 10.0 Å². The van der Waals surface area contributed by atoms with Crippen molar-refractivity contribution < 1.29 is 17.5 Å². The Balaban J connectivity index is 1.70. The molecule has 0 aliphatic rings. The minimum absolute atomic E-state index is 0.0219. The molecular weight excluding hydrogens is 503 g/mol. The molecule has 0 aliphatic heterocycles. The maximum absolute atomic E-state index is 13.4. The Hall–Kier alpha value is -2.59. The number of halogens is 2. The van der Waals surface area contributed by atoms with E-state index in [0.717, 1.165) is 25.5 Å². The van der Waals surface area contributed by atoms with Crippen LogP contribution in [0.4, 0.5) is 4.39 Å². The lowest BCUT2D eigenvalue weighted by Gasteiger charge is -2.04. The summed E-state index contributed by atoms with van der Waals surface area (Å²) in [5.41, 5.74) is 2.18. The van der Waals surface area contributed by atoms with E-state index in [1.165, 1.54) is 35.6 Å². The van der Waals surface area contributed by atoms with Crippen LogP contribution in [0, 0.1) is 5.82 Å². The van der Waals surface area contributed by atoms with Crippen molar-refractivity contribution in [3.8, 4) is 27.4 Å². The third-order valence-electron chi connectivity index (χ3n) is 4.41. The molecule has 0 bridgehead atoms. The van der Waals surface area contributed by atoms with Gasteiger partial charge in [0.05, 0.1) is 15.5 Å². The fourth-order valence-corrected chi connectivity index (χ4v) is 4.68. The normalized spacial score (nSPS) is 11.5. The molecule has 31 heavy (non-hydrogen) atoms. The van der Waals surface area contributed by atoms with Crippen molar-refractivity contribution in [2.45, 2.75) is 11.5 Å². The molecule has 1 heterocycles. The summed E-state index contributed by atoms with van der Waals surface area (Å²) in [5.74, 6) is 0.381. The number of thiazole rings is 1. The van der Waals surface area contributed by atoms with E-state index in [9.17, 15) is 12.8 Å². The zero-order valence-corrected chi connectivity index (χ0v) is 19.2. The second kappa shape index (κ2) is 8.88. The Labute approximate surface area is 191 Å². The zero-order chi connectivity index (χ0) is 22.0. The minimum Gasteiger partial charge on any atom is -0.486 e. The SMILES string of the molecule is NS(=O)(=O)c1ccc(-c2nc(COc3ccc(Br)cc3)sc2-c2ccc(F)cc2)cc1. The van der Waals surface area contributed by atoms with Gasteiger partial charge in [0.2, 0.25) is 10.0 Å². The van der Waals surface area contributed by atoms with Gasteiger partial charge in [-0.2, -0.15) is 0 Å². The number of rotatable bonds is 6. The number of nitrogens with zero attached hydrogens (tertiary/aromatic N) is 1. The first-order chi connectivity index (χ1) is 14.8. The number of nitrogens with two attached hydrogens (primary N) is 1. The lowest BCUT2D eigenvalue weighted by molar-refractivity contribution is 0.305. The van der Waals surface area contributed by atoms with Crippen molar-refractivity contribution in [1.29, 1.82) is 0 Å². The minimum atomic E-state index is -3.79. The topological polar surface area (TPSA) is 82.3 Å². The van der Waals surface area contributed by atoms with E-state index >= 15 is 0 Å². The predicted octanol–water partition coefficient (Wildman–Crippen LogP) is 5.61. The van der Waals surface area contributed by atoms with Crippen molar-refractivity contribution in [2.75, 3.05) is 0 Å². The van der Waals surface area contributed by atoms with Crippen LogP contribution in [0.15, 0.2) is 82.2 Å². The fourth-order valence-electron chi connectivity index (χ4n) is 2.90. The van der Waals surface area contributed by atoms with Crippen LogP contribution in [-0.2, 0) is 16.6 Å². The van der Waals surface area contributed by atoms with Crippen LogP contribution >= 0.6 is 27.3 Å². The molecule has 158 valence electrons. The molecule has 0 atom stereocenters. The highest BCUT2D eigenvalue weighted by atomic mass is 79.9. The Kier molecular flexibility index (Phi) is 6.19. The summed E-state index contributed by atoms with van der Waals surface area (Å²) < 4.78 is 43.3. The molecule has 9 heteroatoms. The highest BCUT2D eigenvalue weighted by molar-refractivity contribution is 9.10. The fraction of sp³-hybridized carbons (Fsp3) is 0.0455. The Bertz CT molecular complexity index is 1300. The molecule has 0 aliphatic carbocycles. The van der Waals surface area contributed by atoms with Crippen molar-refractivity contribution in [1.82, 2.24) is 4.98 Å². The van der Waals surface area contributed by atoms with Gasteiger partial charge in [-0.3, -0.25) is 0 Å². The highest BCUT2D eigenvalue weighted by Crippen LogP contribution is 2.37. The molecule has 4 aromatic rings. The highest BCUT2D eigenvalue weighted by Gasteiger charge is 2.17. The molecule has 0 spiro atoms. The molecule has 0 amide bonds. The van der Waals surface area contributed by atoms with Gasteiger partial charge in [-0.1, -0.05) is 40.2 Å². The summed E-state index contributed by atoms with van der Waals surface area (Å²) >= 11 is 4.83. The average Bonchev–Trinajstić information content (AvgIpc) is 3.18. The van der Waals surface area contributed by atoms with Crippen LogP contribution in [-0.4, -0.2) is 13.4 Å². The lowest BCUT2D eigenvalue weighted by atomic mass is 10.1. The summed E-state index contributed by atoms with van der Waals surface area (Å²) in [5, 5.41) is 5.92. The molecule has 0 fully saturated rings. The van der Waals surface area contributed by atoms with E-state index in [1.807, 2.05) is 24.3 Å². The third-order valence-corrected chi connectivity index (χ3v) is 6.95. The molecule has 0 saturated heterocycles. The van der Waals surface area contributed by atoms with Gasteiger partial charge in [0.15, 0.2) is 0 Å². The van der Waals surface area contributed by atoms with Gasteiger partial charge < -0.3 is 4.74 Å². The Morgan fingerprint density at radius 3 is 2.16 bits per heavy atom. The van der Waals surface area contributed by atoms with E-state index in [1.54, 1.807) is 24.3 Å². The van der Waals surface area contributed by atoms with E-state index in [0.29, 0.717) is 11.4 Å². The molecule has 2 N–H and O–H groups in total. The summed E-state index contributed by atoms with van der Waals surface area (Å²) in [6.45, 7) is 0.260. The van der Waals surface area contributed by atoms with Crippen LogP contribution in [0.5, 0.6) is 5.75 Å². The van der Waals surface area contributed by atoms with Crippen LogP contribution in [0.2, 0.25) is 0 Å². The molecule has 4 rings (SSSR count). The summed E-state index contributed by atoms with van der Waals surface area (Å²) in [7, 11) is -3.79. The second-order valence-corrected chi connectivity index (χ2v) is 10.2. The Morgan fingerprint density at radius 1 is 0.935 bits per heavy atom. The summed E-state index contributed by atoms with van der Waals surface area (Å²) in [4.78, 5) is 5.57. The van der Waals surface area contributed by atoms with E-state index in [2.05, 4.69) is 15.9 Å². The standard InChI is InChI=1S/C22H16BrFN2O3S2/c23-16-5-9-18(10-6-16)29-13-20-26-21(14-3-11-19(12-4-14)31(25,27)28)22(30-20)15-1-7-17(24)8-2-15/h1-12H,13H2,(H2,25,27,28). The van der Waals surface area contributed by atoms with Crippen LogP contribution < -0.4 is 9.88 Å². The molecule has 5 nitrogen and oxygen atoms in total. The maximum atomic E-state index is 13.4. The van der Waals surface area contributed by atoms with Crippen LogP contribution in [0.3, 0.4) is 0 Å². The quantitative estimate of drug-likeness (QED) is 0.359. The predicted molar refractivity (Wildman–Crippen MR) is 123 cm³/mol. The number of primary sulfonamides is 1. The van der Waals surface area contributed by atoms with Crippen molar-refractivity contribution in [3.05, 3.63) is 88.1 Å². The van der Waals surface area contributed by atoms with Gasteiger partial charge in [0.25, 0.3) is 0 Å². The van der Waals surface area contributed by atoms with Crippen molar-refractivity contribution in [3.63, 3.8) is 0 Å². The smallest absolute Gasteiger partial charge is 0.238 e. The number of aromatic nitrogens is 1. The van der Waals surface area contributed by atoms with Crippen LogP contribution in [0.1, 0.15) is 5.01 Å². The Morgan fingerprint density at radius 2 is 1.55 bits per heavy atom. The average molecular weight is 519 g/mol. The third kappa shape index (κ3) is 5.19. The molecule has 0 saturated carbocycles. The maximum Gasteiger partial charge on any atom is 0.238 e. The van der Waals surface area contributed by atoms with Crippen molar-refractivity contribution in [2.24, 2.45) is 5.14 Å². The first kappa shape index (κ1) is 21.6. The molecule has 3 aromatic carbocycles. The van der Waals surface area contributed by atoms with Crippen molar-refractivity contribution >= 4 is 37.3 Å². The largest absolute Gasteiger partial charge is 0.486 e. The summed E-state index contributed by atoms with van der Waals surface area (Å²) in [6.07, 6.45) is 0. The molecule has 0 radical (unpaired) electrons. The van der Waals surface area contributed by atoms with Gasteiger partial charge >= 0.3 is 0 Å². The lowest BCUT2D eigenvalue weighted by Crippen LogP contribution is -2.11. The number of sulfonamides is 1. The van der Waals surface area contributed by atoms with Crippen LogP contribution in [0.25, 0.3) is 21.7 Å². The molecule has 1 aromatic heterocycles. The number of hydrogen-bond acceptors (Lipinski definition) is 5. The molecular formula is C22H16BrFN2O3S2. The van der Waals surface area contributed by atoms with E-state index in [4.69, 9.17) is 14.9 Å². The monoisotopic (exact) mass is 518 g/mol. The number of hydrogen-bond donors (Lipinski definition) is 1. The summed E-state index contributed by atoms with van der Waals surface area (Å²) in [6, 6.07) is 19.8. The number of ether oxygens (including phenoxy) is 1. The van der Waals surface area contributed by atoms with Gasteiger partial charge in [-0.05, 0) is 54.1 Å². The van der Waals surface area contributed by atoms with Gasteiger partial charge in [0.1, 0.15) is 23.2 Å².